The molecule has 3 nitrogen and oxygen atoms in total. The van der Waals surface area contributed by atoms with Gasteiger partial charge in [-0.05, 0) is 38.8 Å². The number of nitrogens with one attached hydrogen (secondary N) is 1. The lowest BCUT2D eigenvalue weighted by molar-refractivity contribution is 0.0743. The second-order valence-corrected chi connectivity index (χ2v) is 5.64. The van der Waals surface area contributed by atoms with E-state index in [1.807, 2.05) is 24.0 Å². The highest BCUT2D eigenvalue weighted by Crippen LogP contribution is 2.21. The molecule has 1 N–H and O–H groups in total. The molecule has 0 aromatic heterocycles. The predicted octanol–water partition coefficient (Wildman–Crippen LogP) is 3.83. The Morgan fingerprint density at radius 3 is 2.45 bits per heavy atom. The second kappa shape index (κ2) is 7.32. The first-order valence-corrected chi connectivity index (χ1v) is 7.86. The fourth-order valence-corrected chi connectivity index (χ4v) is 2.80. The van der Waals surface area contributed by atoms with Gasteiger partial charge >= 0.3 is 0 Å². The van der Waals surface area contributed by atoms with Gasteiger partial charge in [0.2, 0.25) is 0 Å². The Labute approximate surface area is 122 Å². The summed E-state index contributed by atoms with van der Waals surface area (Å²) in [5.74, 6) is 0.187. The molecule has 0 saturated carbocycles. The normalized spacial score (nSPS) is 16.4. The Hall–Kier alpha value is -1.51. The smallest absolute Gasteiger partial charge is 0.255 e. The highest BCUT2D eigenvalue weighted by Gasteiger charge is 2.19. The number of hydrogen-bond acceptors (Lipinski definition) is 2. The zero-order valence-electron chi connectivity index (χ0n) is 12.7. The van der Waals surface area contributed by atoms with Crippen LogP contribution < -0.4 is 5.32 Å². The van der Waals surface area contributed by atoms with Gasteiger partial charge in [0, 0.05) is 25.3 Å². The van der Waals surface area contributed by atoms with E-state index in [1.165, 1.54) is 19.3 Å². The average Bonchev–Trinajstić information content (AvgIpc) is 2.40. The van der Waals surface area contributed by atoms with Crippen LogP contribution in [-0.4, -0.2) is 30.4 Å². The largest absolute Gasteiger partial charge is 0.385 e. The van der Waals surface area contributed by atoms with Crippen LogP contribution >= 0.6 is 0 Å². The van der Waals surface area contributed by atoms with Gasteiger partial charge in [-0.3, -0.25) is 4.79 Å². The number of aryl methyl sites for hydroxylation is 1. The van der Waals surface area contributed by atoms with Gasteiger partial charge < -0.3 is 10.2 Å². The van der Waals surface area contributed by atoms with Crippen LogP contribution in [0.3, 0.4) is 0 Å². The van der Waals surface area contributed by atoms with E-state index in [-0.39, 0.29) is 5.91 Å². The Bertz CT molecular complexity index is 448. The molecule has 1 fully saturated rings. The number of carbonyl (C=O) groups is 1. The first kappa shape index (κ1) is 14.9. The SMILES string of the molecule is CCNc1ccc(C)cc1C(=O)N1CCCCCCC1. The summed E-state index contributed by atoms with van der Waals surface area (Å²) in [4.78, 5) is 14.8. The maximum atomic E-state index is 12.8. The molecule has 3 heteroatoms. The molecule has 110 valence electrons. The van der Waals surface area contributed by atoms with Gasteiger partial charge in [-0.25, -0.2) is 0 Å². The fraction of sp³-hybridized carbons (Fsp3) is 0.588. The third-order valence-electron chi connectivity index (χ3n) is 3.92. The van der Waals surface area contributed by atoms with Crippen molar-refractivity contribution in [2.24, 2.45) is 0 Å². The zero-order valence-corrected chi connectivity index (χ0v) is 12.7. The summed E-state index contributed by atoms with van der Waals surface area (Å²) in [6.07, 6.45) is 6.08. The van der Waals surface area contributed by atoms with Crippen LogP contribution in [0.25, 0.3) is 0 Å². The molecule has 1 aromatic carbocycles. The molecule has 1 amide bonds. The van der Waals surface area contributed by atoms with Crippen LogP contribution in [0.4, 0.5) is 5.69 Å². The van der Waals surface area contributed by atoms with E-state index in [9.17, 15) is 4.79 Å². The van der Waals surface area contributed by atoms with E-state index in [2.05, 4.69) is 18.3 Å². The van der Waals surface area contributed by atoms with Gasteiger partial charge in [-0.2, -0.15) is 0 Å². The molecule has 1 heterocycles. The number of rotatable bonds is 3. The van der Waals surface area contributed by atoms with Crippen molar-refractivity contribution in [1.82, 2.24) is 4.90 Å². The summed E-state index contributed by atoms with van der Waals surface area (Å²) >= 11 is 0. The number of likely N-dealkylation sites (tertiary alicyclic amines) is 1. The van der Waals surface area contributed by atoms with Gasteiger partial charge in [-0.1, -0.05) is 30.9 Å². The maximum absolute atomic E-state index is 12.8. The molecule has 1 aliphatic heterocycles. The van der Waals surface area contributed by atoms with Gasteiger partial charge in [0.1, 0.15) is 0 Å². The molecule has 1 saturated heterocycles. The lowest BCUT2D eigenvalue weighted by Gasteiger charge is -2.26. The van der Waals surface area contributed by atoms with Gasteiger partial charge in [0.25, 0.3) is 5.91 Å². The molecular weight excluding hydrogens is 248 g/mol. The van der Waals surface area contributed by atoms with Crippen LogP contribution in [0.2, 0.25) is 0 Å². The summed E-state index contributed by atoms with van der Waals surface area (Å²) in [6.45, 7) is 6.74. The topological polar surface area (TPSA) is 32.3 Å². The van der Waals surface area contributed by atoms with Crippen molar-refractivity contribution in [2.45, 2.75) is 46.0 Å². The summed E-state index contributed by atoms with van der Waals surface area (Å²) in [6, 6.07) is 6.09. The monoisotopic (exact) mass is 274 g/mol. The minimum atomic E-state index is 0.187. The maximum Gasteiger partial charge on any atom is 0.255 e. The second-order valence-electron chi connectivity index (χ2n) is 5.64. The molecule has 0 unspecified atom stereocenters. The van der Waals surface area contributed by atoms with E-state index >= 15 is 0 Å². The van der Waals surface area contributed by atoms with Crippen LogP contribution in [0.15, 0.2) is 18.2 Å². The molecular formula is C17H26N2O. The first-order chi connectivity index (χ1) is 9.72. The molecule has 0 radical (unpaired) electrons. The predicted molar refractivity (Wildman–Crippen MR) is 84.3 cm³/mol. The van der Waals surface area contributed by atoms with Gasteiger partial charge in [-0.15, -0.1) is 0 Å². The van der Waals surface area contributed by atoms with Crippen LogP contribution in [-0.2, 0) is 0 Å². The fourth-order valence-electron chi connectivity index (χ4n) is 2.80. The molecule has 2 rings (SSSR count). The van der Waals surface area contributed by atoms with E-state index in [1.54, 1.807) is 0 Å². The molecule has 0 aliphatic carbocycles. The van der Waals surface area contributed by atoms with Crippen molar-refractivity contribution in [3.63, 3.8) is 0 Å². The molecule has 1 aromatic rings. The summed E-state index contributed by atoms with van der Waals surface area (Å²) in [7, 11) is 0. The summed E-state index contributed by atoms with van der Waals surface area (Å²) in [5.41, 5.74) is 2.93. The average molecular weight is 274 g/mol. The highest BCUT2D eigenvalue weighted by atomic mass is 16.2. The number of carbonyl (C=O) groups excluding carboxylic acids is 1. The third-order valence-corrected chi connectivity index (χ3v) is 3.92. The Morgan fingerprint density at radius 1 is 1.15 bits per heavy atom. The quantitative estimate of drug-likeness (QED) is 0.908. The van der Waals surface area contributed by atoms with E-state index in [4.69, 9.17) is 0 Å². The first-order valence-electron chi connectivity index (χ1n) is 7.86. The van der Waals surface area contributed by atoms with Crippen molar-refractivity contribution >= 4 is 11.6 Å². The van der Waals surface area contributed by atoms with E-state index < -0.39 is 0 Å². The van der Waals surface area contributed by atoms with Crippen LogP contribution in [0.1, 0.15) is 54.9 Å². The standard InChI is InChI=1S/C17H26N2O/c1-3-18-16-10-9-14(2)13-15(16)17(20)19-11-7-5-4-6-8-12-19/h9-10,13,18H,3-8,11-12H2,1-2H3. The highest BCUT2D eigenvalue weighted by molar-refractivity contribution is 5.99. The van der Waals surface area contributed by atoms with E-state index in [0.29, 0.717) is 0 Å². The number of hydrogen-bond donors (Lipinski definition) is 1. The number of benzene rings is 1. The van der Waals surface area contributed by atoms with Crippen LogP contribution in [0, 0.1) is 6.92 Å². The van der Waals surface area contributed by atoms with Crippen molar-refractivity contribution in [2.75, 3.05) is 25.0 Å². The van der Waals surface area contributed by atoms with E-state index in [0.717, 1.165) is 49.3 Å². The van der Waals surface area contributed by atoms with Gasteiger partial charge in [0.15, 0.2) is 0 Å². The summed E-state index contributed by atoms with van der Waals surface area (Å²) < 4.78 is 0. The minimum absolute atomic E-state index is 0.187. The van der Waals surface area contributed by atoms with Crippen LogP contribution in [0.5, 0.6) is 0 Å². The van der Waals surface area contributed by atoms with Gasteiger partial charge in [0.05, 0.1) is 5.56 Å². The minimum Gasteiger partial charge on any atom is -0.385 e. The van der Waals surface area contributed by atoms with Crippen molar-refractivity contribution in [3.8, 4) is 0 Å². The van der Waals surface area contributed by atoms with Crippen molar-refractivity contribution in [1.29, 1.82) is 0 Å². The summed E-state index contributed by atoms with van der Waals surface area (Å²) in [5, 5.41) is 3.30. The lowest BCUT2D eigenvalue weighted by atomic mass is 10.0. The van der Waals surface area contributed by atoms with Crippen molar-refractivity contribution in [3.05, 3.63) is 29.3 Å². The molecule has 0 atom stereocenters. The number of anilines is 1. The Kier molecular flexibility index (Phi) is 5.45. The molecule has 20 heavy (non-hydrogen) atoms. The number of nitrogens with zero attached hydrogens (tertiary/aromatic N) is 1. The Morgan fingerprint density at radius 2 is 1.80 bits per heavy atom. The molecule has 1 aliphatic rings. The number of amides is 1. The van der Waals surface area contributed by atoms with Crippen molar-refractivity contribution < 1.29 is 4.79 Å². The molecule has 0 spiro atoms. The lowest BCUT2D eigenvalue weighted by Crippen LogP contribution is -2.34. The Balaban J connectivity index is 2.19. The third kappa shape index (κ3) is 3.75. The zero-order chi connectivity index (χ0) is 14.4. The molecule has 0 bridgehead atoms.